The minimum absolute atomic E-state index is 0.152. The summed E-state index contributed by atoms with van der Waals surface area (Å²) in [5, 5.41) is 0. The van der Waals surface area contributed by atoms with Crippen molar-refractivity contribution in [2.45, 2.75) is 58.2 Å². The molecule has 160 valence electrons. The third-order valence-electron chi connectivity index (χ3n) is 7.08. The van der Waals surface area contributed by atoms with Gasteiger partial charge in [-0.3, -0.25) is 0 Å². The normalized spacial score (nSPS) is 21.1. The molecule has 2 heterocycles. The molecule has 31 heavy (non-hydrogen) atoms. The van der Waals surface area contributed by atoms with Gasteiger partial charge < -0.3 is 14.2 Å². The maximum absolute atomic E-state index is 6.22. The van der Waals surface area contributed by atoms with Crippen molar-refractivity contribution in [1.29, 1.82) is 0 Å². The molecule has 0 atom stereocenters. The molecule has 1 fully saturated rings. The number of benzene rings is 2. The number of allylic oxidation sites excluding steroid dienone is 3. The summed E-state index contributed by atoms with van der Waals surface area (Å²) in [6.07, 6.45) is 3.88. The van der Waals surface area contributed by atoms with Crippen molar-refractivity contribution in [1.82, 2.24) is 0 Å². The van der Waals surface area contributed by atoms with Crippen LogP contribution in [0.3, 0.4) is 0 Å². The van der Waals surface area contributed by atoms with E-state index in [4.69, 9.17) is 9.31 Å². The zero-order valence-corrected chi connectivity index (χ0v) is 19.5. The van der Waals surface area contributed by atoms with Gasteiger partial charge in [0.05, 0.1) is 16.9 Å². The van der Waals surface area contributed by atoms with Gasteiger partial charge in [-0.1, -0.05) is 63.4 Å². The molecule has 2 aliphatic heterocycles. The Balaban J connectivity index is 1.77. The summed E-state index contributed by atoms with van der Waals surface area (Å²) >= 11 is 0. The standard InChI is InChI=1S/C27H32BNO2/c1-9-21-23(10-2)29(24-14-12-11-13-22(24)25(21,3)4)20-17-15-19(16-18-20)28-30-26(5,6)27(7,8)31-28/h9-18H,1-2H2,3-8H3. The first-order valence-corrected chi connectivity index (χ1v) is 10.9. The molecule has 0 unspecified atom stereocenters. The third kappa shape index (κ3) is 3.29. The van der Waals surface area contributed by atoms with Gasteiger partial charge in [-0.05, 0) is 68.6 Å². The highest BCUT2D eigenvalue weighted by Crippen LogP contribution is 2.48. The third-order valence-corrected chi connectivity index (χ3v) is 7.08. The number of para-hydroxylation sites is 1. The lowest BCUT2D eigenvalue weighted by molar-refractivity contribution is 0.00578. The molecule has 0 spiro atoms. The summed E-state index contributed by atoms with van der Waals surface area (Å²) in [5.41, 5.74) is 5.87. The highest BCUT2D eigenvalue weighted by molar-refractivity contribution is 6.62. The second-order valence-electron chi connectivity index (χ2n) is 9.86. The minimum Gasteiger partial charge on any atom is -0.399 e. The van der Waals surface area contributed by atoms with E-state index in [1.165, 1.54) is 5.56 Å². The van der Waals surface area contributed by atoms with E-state index in [0.29, 0.717) is 0 Å². The van der Waals surface area contributed by atoms with Crippen molar-refractivity contribution < 1.29 is 9.31 Å². The predicted octanol–water partition coefficient (Wildman–Crippen LogP) is 6.04. The van der Waals surface area contributed by atoms with Gasteiger partial charge in [-0.25, -0.2) is 0 Å². The van der Waals surface area contributed by atoms with Crippen LogP contribution in [0.4, 0.5) is 11.4 Å². The van der Waals surface area contributed by atoms with Crippen molar-refractivity contribution in [2.24, 2.45) is 0 Å². The van der Waals surface area contributed by atoms with Gasteiger partial charge >= 0.3 is 7.12 Å². The van der Waals surface area contributed by atoms with Gasteiger partial charge in [-0.2, -0.15) is 0 Å². The van der Waals surface area contributed by atoms with Crippen LogP contribution in [-0.2, 0) is 14.7 Å². The molecule has 0 bridgehead atoms. The lowest BCUT2D eigenvalue weighted by Gasteiger charge is -2.42. The van der Waals surface area contributed by atoms with Crippen molar-refractivity contribution >= 4 is 24.0 Å². The lowest BCUT2D eigenvalue weighted by Crippen LogP contribution is -2.41. The van der Waals surface area contributed by atoms with Crippen LogP contribution in [0, 0.1) is 0 Å². The first-order valence-electron chi connectivity index (χ1n) is 10.9. The van der Waals surface area contributed by atoms with Gasteiger partial charge in [0.2, 0.25) is 0 Å². The van der Waals surface area contributed by atoms with Crippen LogP contribution in [0.15, 0.2) is 85.1 Å². The molecule has 4 rings (SSSR count). The van der Waals surface area contributed by atoms with E-state index in [1.807, 2.05) is 12.2 Å². The summed E-state index contributed by atoms with van der Waals surface area (Å²) < 4.78 is 12.4. The van der Waals surface area contributed by atoms with Crippen molar-refractivity contribution in [2.75, 3.05) is 4.90 Å². The number of nitrogens with zero attached hydrogens (tertiary/aromatic N) is 1. The molecule has 2 aliphatic rings. The van der Waals surface area contributed by atoms with Crippen LogP contribution in [-0.4, -0.2) is 18.3 Å². The highest BCUT2D eigenvalue weighted by Gasteiger charge is 2.51. The van der Waals surface area contributed by atoms with Gasteiger partial charge in [-0.15, -0.1) is 0 Å². The van der Waals surface area contributed by atoms with Gasteiger partial charge in [0.1, 0.15) is 0 Å². The van der Waals surface area contributed by atoms with Crippen LogP contribution in [0.25, 0.3) is 0 Å². The average molecular weight is 413 g/mol. The fourth-order valence-electron chi connectivity index (χ4n) is 4.51. The maximum atomic E-state index is 6.22. The highest BCUT2D eigenvalue weighted by atomic mass is 16.7. The van der Waals surface area contributed by atoms with E-state index in [9.17, 15) is 0 Å². The monoisotopic (exact) mass is 413 g/mol. The van der Waals surface area contributed by atoms with Crippen molar-refractivity contribution in [3.05, 3.63) is 90.7 Å². The van der Waals surface area contributed by atoms with E-state index in [1.54, 1.807) is 0 Å². The Labute approximate surface area is 187 Å². The van der Waals surface area contributed by atoms with Crippen molar-refractivity contribution in [3.8, 4) is 0 Å². The van der Waals surface area contributed by atoms with E-state index in [2.05, 4.69) is 108 Å². The molecule has 0 radical (unpaired) electrons. The van der Waals surface area contributed by atoms with Crippen LogP contribution in [0.5, 0.6) is 0 Å². The number of rotatable bonds is 4. The fourth-order valence-corrected chi connectivity index (χ4v) is 4.51. The summed E-state index contributed by atoms with van der Waals surface area (Å²) in [4.78, 5) is 2.26. The predicted molar refractivity (Wildman–Crippen MR) is 131 cm³/mol. The van der Waals surface area contributed by atoms with Crippen LogP contribution in [0.1, 0.15) is 47.1 Å². The molecule has 2 aromatic rings. The largest absolute Gasteiger partial charge is 0.494 e. The van der Waals surface area contributed by atoms with Crippen LogP contribution < -0.4 is 10.4 Å². The molecule has 0 saturated carbocycles. The van der Waals surface area contributed by atoms with Gasteiger partial charge in [0.25, 0.3) is 0 Å². The van der Waals surface area contributed by atoms with Crippen molar-refractivity contribution in [3.63, 3.8) is 0 Å². The first kappa shape index (κ1) is 21.7. The van der Waals surface area contributed by atoms with E-state index in [0.717, 1.165) is 28.1 Å². The molecule has 2 aromatic carbocycles. The summed E-state index contributed by atoms with van der Waals surface area (Å²) in [6, 6.07) is 17.0. The Kier molecular flexibility index (Phi) is 5.07. The second-order valence-corrected chi connectivity index (χ2v) is 9.86. The molecule has 0 aromatic heterocycles. The molecule has 0 aliphatic carbocycles. The molecule has 3 nitrogen and oxygen atoms in total. The Bertz CT molecular complexity index is 1050. The quantitative estimate of drug-likeness (QED) is 0.571. The average Bonchev–Trinajstić information content (AvgIpc) is 2.95. The summed E-state index contributed by atoms with van der Waals surface area (Å²) in [5.74, 6) is 0. The number of anilines is 2. The lowest BCUT2D eigenvalue weighted by atomic mass is 9.73. The summed E-state index contributed by atoms with van der Waals surface area (Å²) in [6.45, 7) is 21.0. The Hall–Kier alpha value is -2.56. The van der Waals surface area contributed by atoms with Crippen LogP contribution >= 0.6 is 0 Å². The summed E-state index contributed by atoms with van der Waals surface area (Å²) in [7, 11) is -0.371. The number of fused-ring (bicyclic) bond motifs is 1. The topological polar surface area (TPSA) is 21.7 Å². The molecular formula is C27H32BNO2. The van der Waals surface area contributed by atoms with E-state index in [-0.39, 0.29) is 23.7 Å². The SMILES string of the molecule is C=CC1=C(C=C)C(C)(C)c2ccccc2N1c1ccc(B2OC(C)(C)C(C)(C)O2)cc1. The zero-order chi connectivity index (χ0) is 22.6. The Morgan fingerprint density at radius 2 is 1.39 bits per heavy atom. The maximum Gasteiger partial charge on any atom is 0.494 e. The second kappa shape index (κ2) is 7.25. The Morgan fingerprint density at radius 1 is 0.806 bits per heavy atom. The smallest absolute Gasteiger partial charge is 0.399 e. The molecular weight excluding hydrogens is 381 g/mol. The minimum atomic E-state index is -0.371. The molecule has 0 amide bonds. The van der Waals surface area contributed by atoms with Gasteiger partial charge in [0, 0.05) is 16.8 Å². The fraction of sp³-hybridized carbons (Fsp3) is 0.333. The molecule has 0 N–H and O–H groups in total. The number of hydrogen-bond donors (Lipinski definition) is 0. The zero-order valence-electron chi connectivity index (χ0n) is 19.5. The first-order chi connectivity index (χ1) is 14.5. The van der Waals surface area contributed by atoms with Crippen LogP contribution in [0.2, 0.25) is 0 Å². The molecule has 4 heteroatoms. The van der Waals surface area contributed by atoms with E-state index >= 15 is 0 Å². The van der Waals surface area contributed by atoms with E-state index < -0.39 is 0 Å². The van der Waals surface area contributed by atoms with Gasteiger partial charge in [0.15, 0.2) is 0 Å². The Morgan fingerprint density at radius 3 is 1.94 bits per heavy atom. The molecule has 1 saturated heterocycles. The number of hydrogen-bond acceptors (Lipinski definition) is 3.